The summed E-state index contributed by atoms with van der Waals surface area (Å²) in [6, 6.07) is 11.9. The summed E-state index contributed by atoms with van der Waals surface area (Å²) in [7, 11) is 1.60. The van der Waals surface area contributed by atoms with Crippen molar-refractivity contribution in [3.8, 4) is 22.6 Å². The highest BCUT2D eigenvalue weighted by Gasteiger charge is 2.23. The van der Waals surface area contributed by atoms with E-state index in [1.54, 1.807) is 25.3 Å². The van der Waals surface area contributed by atoms with E-state index in [-0.39, 0.29) is 60.8 Å². The Morgan fingerprint density at radius 3 is 2.15 bits per heavy atom. The van der Waals surface area contributed by atoms with E-state index in [4.69, 9.17) is 19.2 Å². The van der Waals surface area contributed by atoms with Crippen LogP contribution >= 0.6 is 0 Å². The monoisotopic (exact) mass is 722 g/mol. The van der Waals surface area contributed by atoms with Crippen LogP contribution in [0.15, 0.2) is 66.8 Å². The van der Waals surface area contributed by atoms with Gasteiger partial charge in [-0.05, 0) is 78.6 Å². The normalized spacial score (nSPS) is 12.6. The molecule has 2 atom stereocenters. The number of hydrogen-bond donors (Lipinski definition) is 2. The molecule has 2 N–H and O–H groups in total. The SMILES string of the molecule is C=C(CCCCO[N+](=O)[O-])C(=O)Oc1ccc(OC(=O)C[C@H](O)C[C@H](O)/C=C/c2c(C(C)C)nc(C(C)C)c(COC)c2-c2ccc(F)cc2)cc1. The molecule has 0 aliphatic rings. The number of carbonyl (C=O) groups is 2. The van der Waals surface area contributed by atoms with E-state index in [9.17, 15) is 34.3 Å². The zero-order valence-corrected chi connectivity index (χ0v) is 30.2. The Hall–Kier alpha value is -4.98. The summed E-state index contributed by atoms with van der Waals surface area (Å²) in [6.07, 6.45) is 1.48. The van der Waals surface area contributed by atoms with Gasteiger partial charge in [-0.1, -0.05) is 58.6 Å². The van der Waals surface area contributed by atoms with Gasteiger partial charge in [-0.3, -0.25) is 9.78 Å². The highest BCUT2D eigenvalue weighted by Crippen LogP contribution is 2.38. The molecule has 0 spiro atoms. The minimum atomic E-state index is -1.23. The average molecular weight is 723 g/mol. The molecule has 52 heavy (non-hydrogen) atoms. The van der Waals surface area contributed by atoms with E-state index in [2.05, 4.69) is 11.4 Å². The second-order valence-electron chi connectivity index (χ2n) is 12.9. The number of carbonyl (C=O) groups excluding carboxylic acids is 2. The number of pyridine rings is 1. The van der Waals surface area contributed by atoms with Crippen LogP contribution in [0.3, 0.4) is 0 Å². The van der Waals surface area contributed by atoms with Crippen LogP contribution in [0.5, 0.6) is 11.5 Å². The lowest BCUT2D eigenvalue weighted by Gasteiger charge is -2.23. The van der Waals surface area contributed by atoms with Crippen LogP contribution < -0.4 is 9.47 Å². The maximum atomic E-state index is 13.9. The van der Waals surface area contributed by atoms with Gasteiger partial charge in [-0.15, -0.1) is 10.1 Å². The van der Waals surface area contributed by atoms with Gasteiger partial charge in [0.05, 0.1) is 37.5 Å². The summed E-state index contributed by atoms with van der Waals surface area (Å²) in [5, 5.41) is 30.8. The highest BCUT2D eigenvalue weighted by atomic mass is 19.1. The highest BCUT2D eigenvalue weighted by molar-refractivity contribution is 5.89. The number of aliphatic hydroxyl groups excluding tert-OH is 2. The second-order valence-corrected chi connectivity index (χ2v) is 12.9. The molecule has 0 aliphatic heterocycles. The van der Waals surface area contributed by atoms with Gasteiger partial charge in [0.25, 0.3) is 5.09 Å². The van der Waals surface area contributed by atoms with Crippen LogP contribution in [0.4, 0.5) is 4.39 Å². The second kappa shape index (κ2) is 20.2. The van der Waals surface area contributed by atoms with Crippen molar-refractivity contribution >= 4 is 18.0 Å². The van der Waals surface area contributed by atoms with Crippen molar-refractivity contribution in [2.75, 3.05) is 13.7 Å². The zero-order valence-electron chi connectivity index (χ0n) is 30.2. The van der Waals surface area contributed by atoms with Crippen molar-refractivity contribution in [1.29, 1.82) is 0 Å². The Labute approximate surface area is 303 Å². The van der Waals surface area contributed by atoms with E-state index in [1.165, 1.54) is 42.5 Å². The van der Waals surface area contributed by atoms with Crippen LogP contribution in [-0.2, 0) is 25.8 Å². The number of ether oxygens (including phenoxy) is 3. The van der Waals surface area contributed by atoms with Gasteiger partial charge < -0.3 is 29.3 Å². The predicted molar refractivity (Wildman–Crippen MR) is 192 cm³/mol. The van der Waals surface area contributed by atoms with Gasteiger partial charge in [-0.25, -0.2) is 9.18 Å². The van der Waals surface area contributed by atoms with Gasteiger partial charge in [0.1, 0.15) is 17.3 Å². The first kappa shape index (κ1) is 41.4. The molecule has 2 aromatic carbocycles. The number of unbranched alkanes of at least 4 members (excludes halogenated alkanes) is 1. The molecular formula is C39H47FN2O10. The fourth-order valence-electron chi connectivity index (χ4n) is 5.45. The number of halogens is 1. The van der Waals surface area contributed by atoms with Gasteiger partial charge in [0, 0.05) is 35.9 Å². The molecule has 0 amide bonds. The molecule has 12 nitrogen and oxygen atoms in total. The molecule has 280 valence electrons. The van der Waals surface area contributed by atoms with Crippen LogP contribution in [0.2, 0.25) is 0 Å². The molecule has 3 rings (SSSR count). The lowest BCUT2D eigenvalue weighted by molar-refractivity contribution is -0.757. The Morgan fingerprint density at radius 1 is 0.962 bits per heavy atom. The molecule has 0 bridgehead atoms. The maximum Gasteiger partial charge on any atom is 0.338 e. The predicted octanol–water partition coefficient (Wildman–Crippen LogP) is 7.24. The number of aliphatic hydroxyl groups is 2. The third kappa shape index (κ3) is 12.7. The largest absolute Gasteiger partial charge is 0.426 e. The minimum absolute atomic E-state index is 0.00711. The molecule has 0 saturated carbocycles. The van der Waals surface area contributed by atoms with Crippen LogP contribution in [0.25, 0.3) is 17.2 Å². The summed E-state index contributed by atoms with van der Waals surface area (Å²) in [6.45, 7) is 12.0. The Bertz CT molecular complexity index is 1710. The van der Waals surface area contributed by atoms with Gasteiger partial charge >= 0.3 is 11.9 Å². The van der Waals surface area contributed by atoms with Crippen molar-refractivity contribution in [2.24, 2.45) is 0 Å². The fourth-order valence-corrected chi connectivity index (χ4v) is 5.45. The van der Waals surface area contributed by atoms with Crippen LogP contribution in [-0.4, -0.2) is 58.1 Å². The first-order valence-corrected chi connectivity index (χ1v) is 17.0. The third-order valence-electron chi connectivity index (χ3n) is 7.94. The minimum Gasteiger partial charge on any atom is -0.426 e. The van der Waals surface area contributed by atoms with Crippen LogP contribution in [0.1, 0.15) is 94.1 Å². The average Bonchev–Trinajstić information content (AvgIpc) is 3.07. The number of aromatic nitrogens is 1. The topological polar surface area (TPSA) is 168 Å². The van der Waals surface area contributed by atoms with E-state index in [1.807, 2.05) is 27.7 Å². The summed E-state index contributed by atoms with van der Waals surface area (Å²) in [5.41, 5.74) is 5.03. The summed E-state index contributed by atoms with van der Waals surface area (Å²) in [4.78, 5) is 44.3. The lowest BCUT2D eigenvalue weighted by Crippen LogP contribution is -2.22. The van der Waals surface area contributed by atoms with Crippen LogP contribution in [0, 0.1) is 15.9 Å². The summed E-state index contributed by atoms with van der Waals surface area (Å²) in [5.74, 6) is -1.34. The molecule has 13 heteroatoms. The molecule has 0 fully saturated rings. The number of benzene rings is 2. The van der Waals surface area contributed by atoms with Crippen molar-refractivity contribution in [3.63, 3.8) is 0 Å². The van der Waals surface area contributed by atoms with Crippen molar-refractivity contribution in [3.05, 3.63) is 105 Å². The Kier molecular flexibility index (Phi) is 16.1. The number of hydrogen-bond acceptors (Lipinski definition) is 11. The molecular weight excluding hydrogens is 675 g/mol. The molecule has 0 radical (unpaired) electrons. The fraction of sp³-hybridized carbons (Fsp3) is 0.410. The molecule has 0 unspecified atom stereocenters. The van der Waals surface area contributed by atoms with Crippen molar-refractivity contribution < 1.29 is 48.3 Å². The molecule has 0 aliphatic carbocycles. The van der Waals surface area contributed by atoms with E-state index < -0.39 is 35.7 Å². The van der Waals surface area contributed by atoms with Crippen molar-refractivity contribution in [2.45, 2.75) is 90.4 Å². The number of methoxy groups -OCH3 is 1. The van der Waals surface area contributed by atoms with Gasteiger partial charge in [0.15, 0.2) is 0 Å². The van der Waals surface area contributed by atoms with E-state index in [0.717, 1.165) is 33.6 Å². The first-order chi connectivity index (χ1) is 24.7. The molecule has 3 aromatic rings. The number of rotatable bonds is 20. The first-order valence-electron chi connectivity index (χ1n) is 17.0. The third-order valence-corrected chi connectivity index (χ3v) is 7.94. The zero-order chi connectivity index (χ0) is 38.4. The standard InChI is InChI=1S/C39H47FN2O10/c1-24(2)37-33(36(27-10-12-28(40)13-11-27)34(23-49-6)38(41-37)25(3)4)19-14-29(43)21-30(44)22-35(45)51-31-15-17-32(18-16-31)52-39(46)26(5)9-7-8-20-50-42(47)48/h10-19,24-25,29-30,43-44H,5,7-9,20-23H2,1-4,6H3/b19-14+/t29-,30-/m1/s1. The van der Waals surface area contributed by atoms with Gasteiger partial charge in [0.2, 0.25) is 0 Å². The van der Waals surface area contributed by atoms with E-state index in [0.29, 0.717) is 12.8 Å². The smallest absolute Gasteiger partial charge is 0.338 e. The summed E-state index contributed by atoms with van der Waals surface area (Å²) >= 11 is 0. The molecule has 1 aromatic heterocycles. The maximum absolute atomic E-state index is 13.9. The molecule has 1 heterocycles. The van der Waals surface area contributed by atoms with Crippen molar-refractivity contribution in [1.82, 2.24) is 4.98 Å². The Morgan fingerprint density at radius 2 is 1.58 bits per heavy atom. The van der Waals surface area contributed by atoms with E-state index >= 15 is 0 Å². The number of nitrogens with zero attached hydrogens (tertiary/aromatic N) is 2. The summed E-state index contributed by atoms with van der Waals surface area (Å²) < 4.78 is 30.1. The number of esters is 2. The van der Waals surface area contributed by atoms with Gasteiger partial charge in [-0.2, -0.15) is 0 Å². The quantitative estimate of drug-likeness (QED) is 0.0301. The Balaban J connectivity index is 1.64. The lowest BCUT2D eigenvalue weighted by atomic mass is 9.87. The molecule has 0 saturated heterocycles.